The summed E-state index contributed by atoms with van der Waals surface area (Å²) in [4.78, 5) is 77.1. The van der Waals surface area contributed by atoms with Gasteiger partial charge in [-0.05, 0) is 6.92 Å². The number of rotatable bonds is 10. The standard InChI is InChI=1S/C20H27N7O14P2/c1-8-4-26(20(31)25-17(8)29)13-2-9(28)11(39-13)5-38-43(35,36)41-10-3-14(40-12(10)6-37-42(32,33)34)27-7-22-15-16(27)23-19(21)24-18(15)30/h4,7,9-14,28H,2-3,5-6H2,1H3,(H,35,36)(H,25,29,31)(H2,32,33,34)(H3,21,23,24,30)/t9-,10-,11+,12+,13+,14+/m0/s1. The van der Waals surface area contributed by atoms with Crippen LogP contribution in [0.1, 0.15) is 30.9 Å². The van der Waals surface area contributed by atoms with Crippen molar-refractivity contribution in [3.8, 4) is 0 Å². The first-order valence-electron chi connectivity index (χ1n) is 12.5. The van der Waals surface area contributed by atoms with Crippen molar-refractivity contribution in [3.05, 3.63) is 49.3 Å². The monoisotopic (exact) mass is 651 g/mol. The number of hydrogen-bond donors (Lipinski definition) is 7. The fourth-order valence-corrected chi connectivity index (χ4v) is 5.96. The molecule has 3 aromatic heterocycles. The van der Waals surface area contributed by atoms with Crippen molar-refractivity contribution in [2.75, 3.05) is 18.9 Å². The van der Waals surface area contributed by atoms with Gasteiger partial charge in [-0.2, -0.15) is 4.98 Å². The first-order valence-corrected chi connectivity index (χ1v) is 15.5. The van der Waals surface area contributed by atoms with E-state index in [1.165, 1.54) is 24.0 Å². The maximum atomic E-state index is 12.9. The van der Waals surface area contributed by atoms with Gasteiger partial charge in [0, 0.05) is 24.6 Å². The van der Waals surface area contributed by atoms with Crippen molar-refractivity contribution < 1.29 is 52.0 Å². The Labute approximate surface area is 239 Å². The summed E-state index contributed by atoms with van der Waals surface area (Å²) in [6.45, 7) is 0.0333. The summed E-state index contributed by atoms with van der Waals surface area (Å²) in [5, 5.41) is 10.4. The lowest BCUT2D eigenvalue weighted by atomic mass is 10.2. The molecule has 0 aromatic carbocycles. The summed E-state index contributed by atoms with van der Waals surface area (Å²) in [6.07, 6.45) is -5.04. The SMILES string of the molecule is Cc1cn([C@H]2C[C@H](O)[C@@H](COP(=O)(O)O[C@H]3C[C@H](n4cnc5c(=O)[nH]c(N)nc54)O[C@@H]3COP(=O)(O)O)O2)c(=O)[nH]c1=O. The molecule has 2 saturated heterocycles. The molecular formula is C20H27N7O14P2. The van der Waals surface area contributed by atoms with Crippen LogP contribution in [0, 0.1) is 6.92 Å². The molecule has 21 nitrogen and oxygen atoms in total. The van der Waals surface area contributed by atoms with Gasteiger partial charge in [0.2, 0.25) is 5.95 Å². The van der Waals surface area contributed by atoms with Gasteiger partial charge in [0.25, 0.3) is 11.1 Å². The third-order valence-electron chi connectivity index (χ3n) is 6.68. The zero-order valence-corrected chi connectivity index (χ0v) is 23.9. The number of anilines is 1. The number of aliphatic hydroxyl groups excluding tert-OH is 1. The zero-order valence-electron chi connectivity index (χ0n) is 22.1. The average molecular weight is 651 g/mol. The van der Waals surface area contributed by atoms with Crippen LogP contribution in [0.5, 0.6) is 0 Å². The number of H-pyrrole nitrogens is 2. The van der Waals surface area contributed by atoms with Crippen LogP contribution >= 0.6 is 15.6 Å². The highest BCUT2D eigenvalue weighted by molar-refractivity contribution is 7.47. The minimum Gasteiger partial charge on any atom is -0.390 e. The van der Waals surface area contributed by atoms with E-state index in [1.807, 2.05) is 0 Å². The average Bonchev–Trinajstić information content (AvgIpc) is 3.60. The lowest BCUT2D eigenvalue weighted by Crippen LogP contribution is -2.33. The Bertz CT molecular complexity index is 1780. The highest BCUT2D eigenvalue weighted by atomic mass is 31.2. The van der Waals surface area contributed by atoms with Gasteiger partial charge in [0.1, 0.15) is 30.8 Å². The zero-order chi connectivity index (χ0) is 31.3. The molecule has 2 fully saturated rings. The molecule has 5 heterocycles. The van der Waals surface area contributed by atoms with E-state index in [2.05, 4.69) is 24.5 Å². The molecule has 43 heavy (non-hydrogen) atoms. The van der Waals surface area contributed by atoms with Crippen LogP contribution in [-0.4, -0.2) is 86.5 Å². The second-order valence-electron chi connectivity index (χ2n) is 9.75. The smallest absolute Gasteiger partial charge is 0.390 e. The number of fused-ring (bicyclic) bond motifs is 1. The Morgan fingerprint density at radius 3 is 2.42 bits per heavy atom. The van der Waals surface area contributed by atoms with Gasteiger partial charge in [0.15, 0.2) is 11.2 Å². The molecule has 0 amide bonds. The summed E-state index contributed by atoms with van der Waals surface area (Å²) in [5.74, 6) is -0.223. The van der Waals surface area contributed by atoms with Gasteiger partial charge >= 0.3 is 21.3 Å². The van der Waals surface area contributed by atoms with Crippen LogP contribution in [0.4, 0.5) is 5.95 Å². The second-order valence-corrected chi connectivity index (χ2v) is 12.4. The molecule has 2 aliphatic heterocycles. The molecule has 2 aliphatic rings. The lowest BCUT2D eigenvalue weighted by molar-refractivity contribution is -0.0562. The second kappa shape index (κ2) is 11.8. The summed E-state index contributed by atoms with van der Waals surface area (Å²) in [6, 6.07) is 0. The Morgan fingerprint density at radius 2 is 1.70 bits per heavy atom. The van der Waals surface area contributed by atoms with Crippen LogP contribution in [0.25, 0.3) is 11.2 Å². The minimum absolute atomic E-state index is 0.00343. The maximum absolute atomic E-state index is 12.9. The van der Waals surface area contributed by atoms with Gasteiger partial charge in [-0.1, -0.05) is 0 Å². The number of aryl methyl sites for hydroxylation is 1. The first-order chi connectivity index (χ1) is 20.1. The number of imidazole rings is 1. The summed E-state index contributed by atoms with van der Waals surface area (Å²) in [7, 11) is -9.94. The van der Waals surface area contributed by atoms with Crippen molar-refractivity contribution in [1.82, 2.24) is 29.1 Å². The van der Waals surface area contributed by atoms with Crippen molar-refractivity contribution in [2.45, 2.75) is 56.6 Å². The number of nitrogens with one attached hydrogen (secondary N) is 2. The van der Waals surface area contributed by atoms with Crippen molar-refractivity contribution in [2.24, 2.45) is 0 Å². The van der Waals surface area contributed by atoms with Crippen LogP contribution < -0.4 is 22.5 Å². The van der Waals surface area contributed by atoms with E-state index >= 15 is 0 Å². The number of hydrogen-bond acceptors (Lipinski definition) is 14. The number of ether oxygens (including phenoxy) is 2. The maximum Gasteiger partial charge on any atom is 0.472 e. The van der Waals surface area contributed by atoms with Crippen LogP contribution in [-0.2, 0) is 32.2 Å². The summed E-state index contributed by atoms with van der Waals surface area (Å²) >= 11 is 0. The van der Waals surface area contributed by atoms with E-state index in [0.717, 1.165) is 4.57 Å². The molecular weight excluding hydrogens is 624 g/mol. The number of nitrogens with zero attached hydrogens (tertiary/aromatic N) is 4. The van der Waals surface area contributed by atoms with E-state index < -0.39 is 82.5 Å². The highest BCUT2D eigenvalue weighted by Gasteiger charge is 2.44. The molecule has 236 valence electrons. The number of aromatic nitrogens is 6. The number of phosphoric acid groups is 2. The summed E-state index contributed by atoms with van der Waals surface area (Å²) in [5.41, 5.74) is 3.74. The minimum atomic E-state index is -4.98. The topological polar surface area (TPSA) is 306 Å². The van der Waals surface area contributed by atoms with Crippen LogP contribution in [0.3, 0.4) is 0 Å². The van der Waals surface area contributed by atoms with Crippen molar-refractivity contribution in [3.63, 3.8) is 0 Å². The quantitative estimate of drug-likeness (QED) is 0.118. The summed E-state index contributed by atoms with van der Waals surface area (Å²) < 4.78 is 52.7. The molecule has 5 rings (SSSR count). The number of aromatic amines is 2. The van der Waals surface area contributed by atoms with Gasteiger partial charge < -0.3 is 35.0 Å². The molecule has 0 radical (unpaired) electrons. The molecule has 0 spiro atoms. The third-order valence-corrected chi connectivity index (χ3v) is 8.18. The van der Waals surface area contributed by atoms with Gasteiger partial charge in [0.05, 0.1) is 25.6 Å². The van der Waals surface area contributed by atoms with E-state index in [0.29, 0.717) is 0 Å². The predicted octanol–water partition coefficient (Wildman–Crippen LogP) is -1.89. The lowest BCUT2D eigenvalue weighted by Gasteiger charge is -2.22. The molecule has 23 heteroatoms. The Hall–Kier alpha value is -3.07. The van der Waals surface area contributed by atoms with Gasteiger partial charge in [-0.3, -0.25) is 42.3 Å². The fourth-order valence-electron chi connectivity index (χ4n) is 4.66. The van der Waals surface area contributed by atoms with E-state index in [4.69, 9.17) is 34.0 Å². The van der Waals surface area contributed by atoms with E-state index in [-0.39, 0.29) is 35.5 Å². The highest BCUT2D eigenvalue weighted by Crippen LogP contribution is 2.50. The number of nitrogen functional groups attached to an aromatic ring is 1. The fraction of sp³-hybridized carbons (Fsp3) is 0.550. The number of phosphoric ester groups is 2. The van der Waals surface area contributed by atoms with Crippen molar-refractivity contribution in [1.29, 1.82) is 0 Å². The van der Waals surface area contributed by atoms with Gasteiger partial charge in [-0.15, -0.1) is 0 Å². The molecule has 7 atom stereocenters. The normalized spacial score (nSPS) is 27.6. The number of nitrogens with two attached hydrogens (primary N) is 1. The Balaban J connectivity index is 1.28. The molecule has 0 aliphatic carbocycles. The van der Waals surface area contributed by atoms with E-state index in [9.17, 15) is 33.5 Å². The predicted molar refractivity (Wildman–Crippen MR) is 140 cm³/mol. The van der Waals surface area contributed by atoms with Crippen LogP contribution in [0.2, 0.25) is 0 Å². The largest absolute Gasteiger partial charge is 0.472 e. The van der Waals surface area contributed by atoms with Crippen molar-refractivity contribution >= 4 is 32.8 Å². The first kappa shape index (κ1) is 31.4. The third kappa shape index (κ3) is 7.03. The molecule has 3 aromatic rings. The van der Waals surface area contributed by atoms with Crippen LogP contribution in [0.15, 0.2) is 26.9 Å². The van der Waals surface area contributed by atoms with E-state index in [1.54, 1.807) is 0 Å². The molecule has 8 N–H and O–H groups in total. The molecule has 1 unspecified atom stereocenters. The van der Waals surface area contributed by atoms with Gasteiger partial charge in [-0.25, -0.2) is 18.9 Å². The molecule has 0 bridgehead atoms. The number of aliphatic hydroxyl groups is 1. The Kier molecular flexibility index (Phi) is 8.60. The Morgan fingerprint density at radius 1 is 1.02 bits per heavy atom. The molecule has 0 saturated carbocycles.